The molecular formula is C17H17ClN4O2S. The number of hydrogen-bond acceptors (Lipinski definition) is 4. The molecule has 1 amide bonds. The number of rotatable bonds is 5. The summed E-state index contributed by atoms with van der Waals surface area (Å²) < 4.78 is 7.99. The zero-order valence-electron chi connectivity index (χ0n) is 13.6. The van der Waals surface area contributed by atoms with Crippen LogP contribution in [0.15, 0.2) is 35.9 Å². The molecule has 8 heteroatoms. The molecule has 2 heterocycles. The minimum absolute atomic E-state index is 0.172. The van der Waals surface area contributed by atoms with Crippen LogP contribution in [-0.2, 0) is 18.3 Å². The van der Waals surface area contributed by atoms with E-state index in [1.165, 1.54) is 6.08 Å². The van der Waals surface area contributed by atoms with E-state index in [-0.39, 0.29) is 5.91 Å². The topological polar surface area (TPSA) is 71.9 Å². The quantitative estimate of drug-likeness (QED) is 0.621. The van der Waals surface area contributed by atoms with Gasteiger partial charge in [-0.15, -0.1) is 0 Å². The lowest BCUT2D eigenvalue weighted by Crippen LogP contribution is -2.24. The van der Waals surface area contributed by atoms with Gasteiger partial charge in [-0.25, -0.2) is 0 Å². The molecule has 25 heavy (non-hydrogen) atoms. The van der Waals surface area contributed by atoms with E-state index in [4.69, 9.17) is 28.6 Å². The molecule has 0 saturated carbocycles. The minimum atomic E-state index is -0.172. The normalized spacial score (nSPS) is 13.3. The third-order valence-electron chi connectivity index (χ3n) is 3.78. The van der Waals surface area contributed by atoms with Gasteiger partial charge in [0.2, 0.25) is 5.91 Å². The summed E-state index contributed by atoms with van der Waals surface area (Å²) in [6, 6.07) is 5.46. The van der Waals surface area contributed by atoms with Gasteiger partial charge >= 0.3 is 0 Å². The molecule has 0 spiro atoms. The van der Waals surface area contributed by atoms with E-state index in [1.807, 2.05) is 25.3 Å². The van der Waals surface area contributed by atoms with E-state index in [2.05, 4.69) is 15.5 Å². The molecule has 1 aromatic carbocycles. The number of aromatic amines is 1. The van der Waals surface area contributed by atoms with Gasteiger partial charge in [0.05, 0.1) is 0 Å². The number of fused-ring (bicyclic) bond motifs is 1. The van der Waals surface area contributed by atoms with Crippen LogP contribution >= 0.6 is 23.8 Å². The Hall–Kier alpha value is -2.38. The van der Waals surface area contributed by atoms with Crippen molar-refractivity contribution in [1.82, 2.24) is 20.1 Å². The summed E-state index contributed by atoms with van der Waals surface area (Å²) in [6.07, 6.45) is 5.80. The van der Waals surface area contributed by atoms with Crippen LogP contribution in [0.3, 0.4) is 0 Å². The van der Waals surface area contributed by atoms with Crippen LogP contribution in [0, 0.1) is 4.77 Å². The summed E-state index contributed by atoms with van der Waals surface area (Å²) in [5.41, 5.74) is 1.81. The first kappa shape index (κ1) is 17.4. The summed E-state index contributed by atoms with van der Waals surface area (Å²) in [5, 5.41) is 10.3. The summed E-state index contributed by atoms with van der Waals surface area (Å²) >= 11 is 11.0. The maximum Gasteiger partial charge on any atom is 0.244 e. The van der Waals surface area contributed by atoms with Gasteiger partial charge in [0, 0.05) is 36.7 Å². The van der Waals surface area contributed by atoms with Crippen molar-refractivity contribution in [1.29, 1.82) is 0 Å². The lowest BCUT2D eigenvalue weighted by Gasteiger charge is -2.16. The van der Waals surface area contributed by atoms with Gasteiger partial charge in [0.25, 0.3) is 0 Å². The summed E-state index contributed by atoms with van der Waals surface area (Å²) in [6.45, 7) is 0.897. The van der Waals surface area contributed by atoms with E-state index in [1.54, 1.807) is 16.7 Å². The van der Waals surface area contributed by atoms with E-state index in [0.717, 1.165) is 22.7 Å². The smallest absolute Gasteiger partial charge is 0.244 e. The zero-order chi connectivity index (χ0) is 17.8. The molecule has 2 aromatic rings. The lowest BCUT2D eigenvalue weighted by atomic mass is 10.1. The predicted molar refractivity (Wildman–Crippen MR) is 99.2 cm³/mol. The van der Waals surface area contributed by atoms with Crippen molar-refractivity contribution in [3.05, 3.63) is 57.1 Å². The first-order valence-corrected chi connectivity index (χ1v) is 8.50. The number of benzene rings is 1. The van der Waals surface area contributed by atoms with Gasteiger partial charge in [-0.3, -0.25) is 9.89 Å². The van der Waals surface area contributed by atoms with Gasteiger partial charge in [0.1, 0.15) is 18.2 Å². The van der Waals surface area contributed by atoms with Crippen LogP contribution in [-0.4, -0.2) is 33.8 Å². The fraction of sp³-hybridized carbons (Fsp3) is 0.235. The number of nitrogens with one attached hydrogen (secondary N) is 2. The number of hydrogen-bond donors (Lipinski definition) is 2. The highest BCUT2D eigenvalue weighted by Gasteiger charge is 2.10. The van der Waals surface area contributed by atoms with Crippen LogP contribution in [0.2, 0.25) is 5.02 Å². The number of ether oxygens (including phenoxy) is 1. The molecule has 0 radical (unpaired) electrons. The zero-order valence-corrected chi connectivity index (χ0v) is 15.2. The third kappa shape index (κ3) is 4.37. The van der Waals surface area contributed by atoms with Crippen LogP contribution in [0.1, 0.15) is 11.4 Å². The van der Waals surface area contributed by atoms with Gasteiger partial charge in [-0.1, -0.05) is 17.7 Å². The Kier molecular flexibility index (Phi) is 5.35. The average Bonchev–Trinajstić information content (AvgIpc) is 2.91. The van der Waals surface area contributed by atoms with E-state index >= 15 is 0 Å². The monoisotopic (exact) mass is 376 g/mol. The highest BCUT2D eigenvalue weighted by molar-refractivity contribution is 7.71. The van der Waals surface area contributed by atoms with E-state index < -0.39 is 0 Å². The average molecular weight is 377 g/mol. The van der Waals surface area contributed by atoms with Crippen molar-refractivity contribution in [3.63, 3.8) is 0 Å². The maximum atomic E-state index is 11.9. The molecule has 0 atom stereocenters. The number of nitrogens with zero attached hydrogens (tertiary/aromatic N) is 2. The first-order chi connectivity index (χ1) is 12.0. The van der Waals surface area contributed by atoms with E-state index in [9.17, 15) is 4.79 Å². The molecule has 0 aliphatic carbocycles. The minimum Gasteiger partial charge on any atom is -0.488 e. The predicted octanol–water partition coefficient (Wildman–Crippen LogP) is 2.82. The second kappa shape index (κ2) is 7.67. The van der Waals surface area contributed by atoms with Crippen LogP contribution in [0.4, 0.5) is 0 Å². The van der Waals surface area contributed by atoms with Crippen LogP contribution in [0.5, 0.6) is 5.75 Å². The molecule has 6 nitrogen and oxygen atoms in total. The first-order valence-electron chi connectivity index (χ1n) is 7.72. The second-order valence-electron chi connectivity index (χ2n) is 5.57. The number of carbonyl (C=O) groups excluding carboxylic acids is 1. The Balaban J connectivity index is 1.54. The largest absolute Gasteiger partial charge is 0.488 e. The SMILES string of the molecule is Cn1c(CCNC(=O)/C=C/C2=Cc3cc(Cl)ccc3OC2)n[nH]c1=S. The Bertz CT molecular complexity index is 914. The van der Waals surface area contributed by atoms with Crippen LogP contribution < -0.4 is 10.1 Å². The number of carbonyl (C=O) groups is 1. The molecule has 0 fully saturated rings. The fourth-order valence-corrected chi connectivity index (χ4v) is 2.74. The highest BCUT2D eigenvalue weighted by Crippen LogP contribution is 2.29. The molecule has 1 aromatic heterocycles. The molecule has 1 aliphatic rings. The standard InChI is InChI=1S/C17H17ClN4O2S/c1-22-15(20-21-17(22)25)6-7-19-16(23)5-2-11-8-12-9-13(18)3-4-14(12)24-10-11/h2-5,8-9H,6-7,10H2,1H3,(H,19,23)(H,21,25)/b5-2+. The molecule has 1 aliphatic heterocycles. The fourth-order valence-electron chi connectivity index (χ4n) is 2.40. The Morgan fingerprint density at radius 2 is 2.40 bits per heavy atom. The van der Waals surface area contributed by atoms with Crippen molar-refractivity contribution >= 4 is 35.8 Å². The highest BCUT2D eigenvalue weighted by atomic mass is 35.5. The van der Waals surface area contributed by atoms with Crippen molar-refractivity contribution < 1.29 is 9.53 Å². The molecule has 3 rings (SSSR count). The number of amides is 1. The Labute approximate surface area is 155 Å². The van der Waals surface area contributed by atoms with Crippen LogP contribution in [0.25, 0.3) is 6.08 Å². The summed E-state index contributed by atoms with van der Waals surface area (Å²) in [5.74, 6) is 1.42. The Morgan fingerprint density at radius 1 is 1.56 bits per heavy atom. The van der Waals surface area contributed by atoms with Gasteiger partial charge in [-0.2, -0.15) is 5.10 Å². The summed E-state index contributed by atoms with van der Waals surface area (Å²) in [7, 11) is 1.84. The molecule has 0 saturated heterocycles. The second-order valence-corrected chi connectivity index (χ2v) is 6.39. The van der Waals surface area contributed by atoms with Gasteiger partial charge in [0.15, 0.2) is 4.77 Å². The van der Waals surface area contributed by atoms with Gasteiger partial charge < -0.3 is 14.6 Å². The van der Waals surface area contributed by atoms with Crippen molar-refractivity contribution in [2.24, 2.45) is 7.05 Å². The molecule has 2 N–H and O–H groups in total. The van der Waals surface area contributed by atoms with Crippen molar-refractivity contribution in [2.45, 2.75) is 6.42 Å². The van der Waals surface area contributed by atoms with Gasteiger partial charge in [-0.05, 0) is 42.1 Å². The maximum absolute atomic E-state index is 11.9. The number of halogens is 1. The van der Waals surface area contributed by atoms with Crippen molar-refractivity contribution in [2.75, 3.05) is 13.2 Å². The lowest BCUT2D eigenvalue weighted by molar-refractivity contribution is -0.116. The molecule has 130 valence electrons. The molecule has 0 unspecified atom stereocenters. The van der Waals surface area contributed by atoms with Crippen molar-refractivity contribution in [3.8, 4) is 5.75 Å². The number of H-pyrrole nitrogens is 1. The Morgan fingerprint density at radius 3 is 3.16 bits per heavy atom. The molecular weight excluding hydrogens is 360 g/mol. The number of aromatic nitrogens is 3. The third-order valence-corrected chi connectivity index (χ3v) is 4.38. The van der Waals surface area contributed by atoms with E-state index in [0.29, 0.717) is 29.4 Å². The summed E-state index contributed by atoms with van der Waals surface area (Å²) in [4.78, 5) is 11.9. The molecule has 0 bridgehead atoms.